The Labute approximate surface area is 65.6 Å². The van der Waals surface area contributed by atoms with E-state index < -0.39 is 0 Å². The Balaban J connectivity index is 2.69. The molecular formula is C8H11NS. The zero-order valence-corrected chi connectivity index (χ0v) is 6.82. The molecule has 1 aromatic carbocycles. The highest BCUT2D eigenvalue weighted by Gasteiger charge is 1.88. The lowest BCUT2D eigenvalue weighted by Crippen LogP contribution is -1.84. The van der Waals surface area contributed by atoms with Crippen LogP contribution in [0.25, 0.3) is 0 Å². The fourth-order valence-electron chi connectivity index (χ4n) is 0.781. The van der Waals surface area contributed by atoms with Crippen LogP contribution in [0.3, 0.4) is 0 Å². The number of nitrogens with two attached hydrogens (primary N) is 1. The summed E-state index contributed by atoms with van der Waals surface area (Å²) in [6.45, 7) is 0. The van der Waals surface area contributed by atoms with Gasteiger partial charge in [0.2, 0.25) is 0 Å². The van der Waals surface area contributed by atoms with Gasteiger partial charge in [-0.15, -0.1) is 0 Å². The van der Waals surface area contributed by atoms with Crippen LogP contribution in [0.2, 0.25) is 0 Å². The Morgan fingerprint density at radius 3 is 2.40 bits per heavy atom. The zero-order valence-electron chi connectivity index (χ0n) is 6.00. The Kier molecular flexibility index (Phi) is 2.63. The molecule has 0 radical (unpaired) electrons. The topological polar surface area (TPSA) is 26.0 Å². The lowest BCUT2D eigenvalue weighted by atomic mass is 10.2. The summed E-state index contributed by atoms with van der Waals surface area (Å²) in [4.78, 5) is 0. The first-order valence-electron chi connectivity index (χ1n) is 3.16. The Bertz CT molecular complexity index is 193. The molecule has 0 fully saturated rings. The fourth-order valence-corrected chi connectivity index (χ4v) is 1.31. The first-order valence-corrected chi connectivity index (χ1v) is 4.55. The molecule has 0 spiro atoms. The molecule has 0 heterocycles. The summed E-state index contributed by atoms with van der Waals surface area (Å²) in [6.07, 6.45) is 2.09. The van der Waals surface area contributed by atoms with Gasteiger partial charge in [-0.1, -0.05) is 12.1 Å². The van der Waals surface area contributed by atoms with Crippen LogP contribution in [-0.4, -0.2) is 6.26 Å². The van der Waals surface area contributed by atoms with E-state index in [0.717, 1.165) is 11.4 Å². The maximum absolute atomic E-state index is 5.52. The van der Waals surface area contributed by atoms with Gasteiger partial charge >= 0.3 is 0 Å². The minimum Gasteiger partial charge on any atom is -0.399 e. The van der Waals surface area contributed by atoms with E-state index in [1.54, 1.807) is 0 Å². The van der Waals surface area contributed by atoms with Gasteiger partial charge in [-0.25, -0.2) is 0 Å². The molecule has 10 heavy (non-hydrogen) atoms. The average molecular weight is 153 g/mol. The smallest absolute Gasteiger partial charge is 0.0314 e. The monoisotopic (exact) mass is 153 g/mol. The van der Waals surface area contributed by atoms with E-state index in [2.05, 4.69) is 18.4 Å². The zero-order chi connectivity index (χ0) is 7.40. The normalized spacial score (nSPS) is 9.70. The van der Waals surface area contributed by atoms with Gasteiger partial charge < -0.3 is 5.73 Å². The van der Waals surface area contributed by atoms with Crippen LogP contribution in [0.15, 0.2) is 24.3 Å². The maximum Gasteiger partial charge on any atom is 0.0314 e. The van der Waals surface area contributed by atoms with Gasteiger partial charge in [0.15, 0.2) is 0 Å². The van der Waals surface area contributed by atoms with Crippen molar-refractivity contribution in [3.63, 3.8) is 0 Å². The predicted octanol–water partition coefficient (Wildman–Crippen LogP) is 2.13. The van der Waals surface area contributed by atoms with Gasteiger partial charge in [0.05, 0.1) is 0 Å². The molecular weight excluding hydrogens is 142 g/mol. The first-order chi connectivity index (χ1) is 4.83. The van der Waals surface area contributed by atoms with Crippen LogP contribution in [0.4, 0.5) is 5.69 Å². The van der Waals surface area contributed by atoms with Crippen molar-refractivity contribution in [3.05, 3.63) is 29.8 Å². The molecule has 1 aromatic rings. The highest BCUT2D eigenvalue weighted by molar-refractivity contribution is 7.97. The Morgan fingerprint density at radius 2 is 1.90 bits per heavy atom. The molecule has 2 N–H and O–H groups in total. The van der Waals surface area contributed by atoms with Crippen LogP contribution in [0.5, 0.6) is 0 Å². The number of thioether (sulfide) groups is 1. The minimum absolute atomic E-state index is 0.838. The molecule has 0 aliphatic rings. The third-order valence-electron chi connectivity index (χ3n) is 1.29. The third kappa shape index (κ3) is 1.95. The second-order valence-electron chi connectivity index (χ2n) is 2.17. The van der Waals surface area contributed by atoms with Crippen molar-refractivity contribution in [1.82, 2.24) is 0 Å². The summed E-state index contributed by atoms with van der Waals surface area (Å²) in [5, 5.41) is 0. The van der Waals surface area contributed by atoms with E-state index >= 15 is 0 Å². The Hall–Kier alpha value is -0.630. The molecule has 1 nitrogen and oxygen atoms in total. The van der Waals surface area contributed by atoms with Crippen LogP contribution in [0.1, 0.15) is 5.56 Å². The van der Waals surface area contributed by atoms with Crippen molar-refractivity contribution in [2.24, 2.45) is 0 Å². The van der Waals surface area contributed by atoms with Gasteiger partial charge in [0.1, 0.15) is 0 Å². The minimum atomic E-state index is 0.838. The van der Waals surface area contributed by atoms with E-state index in [9.17, 15) is 0 Å². The summed E-state index contributed by atoms with van der Waals surface area (Å²) >= 11 is 1.82. The number of rotatable bonds is 2. The van der Waals surface area contributed by atoms with Crippen molar-refractivity contribution in [2.75, 3.05) is 12.0 Å². The summed E-state index contributed by atoms with van der Waals surface area (Å²) in [5.74, 6) is 1.07. The molecule has 0 unspecified atom stereocenters. The second-order valence-corrected chi connectivity index (χ2v) is 3.04. The van der Waals surface area contributed by atoms with Gasteiger partial charge in [-0.05, 0) is 24.0 Å². The molecule has 0 atom stereocenters. The number of anilines is 1. The maximum atomic E-state index is 5.52. The quantitative estimate of drug-likeness (QED) is 0.659. The highest BCUT2D eigenvalue weighted by atomic mass is 32.2. The molecule has 0 aliphatic carbocycles. The number of nitrogen functional groups attached to an aromatic ring is 1. The van der Waals surface area contributed by atoms with Crippen molar-refractivity contribution < 1.29 is 0 Å². The van der Waals surface area contributed by atoms with Crippen molar-refractivity contribution in [1.29, 1.82) is 0 Å². The van der Waals surface area contributed by atoms with Gasteiger partial charge in [-0.3, -0.25) is 0 Å². The van der Waals surface area contributed by atoms with Crippen LogP contribution in [-0.2, 0) is 5.75 Å². The van der Waals surface area contributed by atoms with Gasteiger partial charge in [-0.2, -0.15) is 11.8 Å². The number of hydrogen-bond donors (Lipinski definition) is 1. The fraction of sp³-hybridized carbons (Fsp3) is 0.250. The number of benzene rings is 1. The summed E-state index contributed by atoms with van der Waals surface area (Å²) in [5.41, 5.74) is 7.69. The van der Waals surface area contributed by atoms with Crippen LogP contribution < -0.4 is 5.73 Å². The summed E-state index contributed by atoms with van der Waals surface area (Å²) in [7, 11) is 0. The molecule has 0 aliphatic heterocycles. The highest BCUT2D eigenvalue weighted by Crippen LogP contribution is 2.10. The van der Waals surface area contributed by atoms with Gasteiger partial charge in [0, 0.05) is 11.4 Å². The second kappa shape index (κ2) is 3.52. The van der Waals surface area contributed by atoms with Crippen LogP contribution in [0, 0.1) is 0 Å². The lowest BCUT2D eigenvalue weighted by molar-refractivity contribution is 1.42. The van der Waals surface area contributed by atoms with E-state index in [-0.39, 0.29) is 0 Å². The SMILES string of the molecule is CSCc1ccc(N)cc1. The largest absolute Gasteiger partial charge is 0.399 e. The molecule has 1 rings (SSSR count). The van der Waals surface area contributed by atoms with Crippen LogP contribution >= 0.6 is 11.8 Å². The van der Waals surface area contributed by atoms with E-state index in [1.807, 2.05) is 23.9 Å². The van der Waals surface area contributed by atoms with E-state index in [4.69, 9.17) is 5.73 Å². The van der Waals surface area contributed by atoms with E-state index in [1.165, 1.54) is 5.56 Å². The summed E-state index contributed by atoms with van der Waals surface area (Å²) < 4.78 is 0. The third-order valence-corrected chi connectivity index (χ3v) is 1.91. The summed E-state index contributed by atoms with van der Waals surface area (Å²) in [6, 6.07) is 7.99. The molecule has 0 saturated heterocycles. The van der Waals surface area contributed by atoms with Gasteiger partial charge in [0.25, 0.3) is 0 Å². The van der Waals surface area contributed by atoms with E-state index in [0.29, 0.717) is 0 Å². The van der Waals surface area contributed by atoms with Crippen molar-refractivity contribution in [2.45, 2.75) is 5.75 Å². The van der Waals surface area contributed by atoms with Crippen molar-refractivity contribution >= 4 is 17.4 Å². The number of hydrogen-bond acceptors (Lipinski definition) is 2. The molecule has 0 saturated carbocycles. The molecule has 54 valence electrons. The van der Waals surface area contributed by atoms with Crippen molar-refractivity contribution in [3.8, 4) is 0 Å². The molecule has 0 amide bonds. The average Bonchev–Trinajstić information content (AvgIpc) is 1.95. The lowest BCUT2D eigenvalue weighted by Gasteiger charge is -1.97. The first kappa shape index (κ1) is 7.48. The Morgan fingerprint density at radius 1 is 1.30 bits per heavy atom. The predicted molar refractivity (Wildman–Crippen MR) is 48.1 cm³/mol. The standard InChI is InChI=1S/C8H11NS/c1-10-6-7-2-4-8(9)5-3-7/h2-5H,6,9H2,1H3. The molecule has 0 bridgehead atoms. The molecule has 2 heteroatoms. The molecule has 0 aromatic heterocycles.